The minimum absolute atomic E-state index is 0.281. The van der Waals surface area contributed by atoms with Crippen molar-refractivity contribution in [3.05, 3.63) is 93.6 Å². The molecule has 28 heavy (non-hydrogen) atoms. The normalized spacial score (nSPS) is 11.0. The largest absolute Gasteiger partial charge is 0.478 e. The Kier molecular flexibility index (Phi) is 5.95. The molecule has 3 aromatic rings. The smallest absolute Gasteiger partial charge is 0.337 e. The van der Waals surface area contributed by atoms with Crippen molar-refractivity contribution in [3.63, 3.8) is 0 Å². The van der Waals surface area contributed by atoms with E-state index in [4.69, 9.17) is 0 Å². The van der Waals surface area contributed by atoms with Gasteiger partial charge in [-0.05, 0) is 44.0 Å². The van der Waals surface area contributed by atoms with Gasteiger partial charge in [0, 0.05) is 36.6 Å². The molecule has 0 aliphatic rings. The van der Waals surface area contributed by atoms with Gasteiger partial charge in [-0.1, -0.05) is 42.0 Å². The number of aromatic carboxylic acids is 1. The van der Waals surface area contributed by atoms with Gasteiger partial charge in [-0.2, -0.15) is 0 Å². The van der Waals surface area contributed by atoms with Gasteiger partial charge >= 0.3 is 5.97 Å². The predicted octanol–water partition coefficient (Wildman–Crippen LogP) is 4.59. The number of carboxylic acid groups (broad SMARTS) is 1. The monoisotopic (exact) mass is 380 g/mol. The summed E-state index contributed by atoms with van der Waals surface area (Å²) in [5.41, 5.74) is 6.05. The van der Waals surface area contributed by atoms with Crippen LogP contribution in [0, 0.1) is 26.6 Å². The first-order valence-corrected chi connectivity index (χ1v) is 9.29. The van der Waals surface area contributed by atoms with E-state index >= 15 is 0 Å². The number of aromatic nitrogens is 1. The molecule has 146 valence electrons. The van der Waals surface area contributed by atoms with Crippen LogP contribution in [0.1, 0.15) is 44.0 Å². The average molecular weight is 380 g/mol. The molecule has 4 nitrogen and oxygen atoms in total. The highest BCUT2D eigenvalue weighted by atomic mass is 19.1. The van der Waals surface area contributed by atoms with E-state index in [0.717, 1.165) is 22.4 Å². The Hall–Kier alpha value is -2.92. The fraction of sp³-hybridized carbons (Fsp3) is 0.261. The van der Waals surface area contributed by atoms with E-state index in [9.17, 15) is 14.3 Å². The lowest BCUT2D eigenvalue weighted by Gasteiger charge is -2.10. The quantitative estimate of drug-likeness (QED) is 0.630. The summed E-state index contributed by atoms with van der Waals surface area (Å²) in [5.74, 6) is -1.21. The number of carboxylic acids is 1. The molecule has 5 heteroatoms. The topological polar surface area (TPSA) is 54.3 Å². The third kappa shape index (κ3) is 4.31. The maximum absolute atomic E-state index is 13.2. The summed E-state index contributed by atoms with van der Waals surface area (Å²) in [4.78, 5) is 11.9. The maximum Gasteiger partial charge on any atom is 0.337 e. The summed E-state index contributed by atoms with van der Waals surface area (Å²) >= 11 is 0. The van der Waals surface area contributed by atoms with E-state index in [0.29, 0.717) is 30.9 Å². The lowest BCUT2D eigenvalue weighted by molar-refractivity contribution is 0.0694. The van der Waals surface area contributed by atoms with Crippen molar-refractivity contribution < 1.29 is 14.3 Å². The van der Waals surface area contributed by atoms with Gasteiger partial charge < -0.3 is 15.0 Å². The first-order valence-electron chi connectivity index (χ1n) is 9.29. The summed E-state index contributed by atoms with van der Waals surface area (Å²) in [6, 6.07) is 14.6. The second-order valence-corrected chi connectivity index (χ2v) is 7.13. The van der Waals surface area contributed by atoms with Crippen LogP contribution < -0.4 is 5.32 Å². The van der Waals surface area contributed by atoms with Crippen molar-refractivity contribution in [2.24, 2.45) is 0 Å². The van der Waals surface area contributed by atoms with E-state index in [2.05, 4.69) is 29.6 Å². The number of rotatable bonds is 7. The number of hydrogen-bond donors (Lipinski definition) is 2. The summed E-state index contributed by atoms with van der Waals surface area (Å²) in [7, 11) is 0. The van der Waals surface area contributed by atoms with Gasteiger partial charge in [0.2, 0.25) is 0 Å². The molecular weight excluding hydrogens is 355 g/mol. The van der Waals surface area contributed by atoms with Gasteiger partial charge in [-0.25, -0.2) is 9.18 Å². The minimum Gasteiger partial charge on any atom is -0.478 e. The minimum atomic E-state index is -0.925. The van der Waals surface area contributed by atoms with Crippen LogP contribution >= 0.6 is 0 Å². The van der Waals surface area contributed by atoms with Crippen molar-refractivity contribution in [2.75, 3.05) is 0 Å². The molecule has 0 saturated carbocycles. The van der Waals surface area contributed by atoms with Crippen LogP contribution in [0.5, 0.6) is 0 Å². The van der Waals surface area contributed by atoms with Crippen molar-refractivity contribution in [1.82, 2.24) is 9.88 Å². The Morgan fingerprint density at radius 2 is 1.54 bits per heavy atom. The molecule has 2 aromatic carbocycles. The first-order chi connectivity index (χ1) is 13.4. The lowest BCUT2D eigenvalue weighted by atomic mass is 10.1. The van der Waals surface area contributed by atoms with Crippen LogP contribution in [0.2, 0.25) is 0 Å². The number of benzene rings is 2. The Labute approximate surface area is 164 Å². The zero-order valence-corrected chi connectivity index (χ0v) is 16.4. The third-order valence-corrected chi connectivity index (χ3v) is 5.13. The van der Waals surface area contributed by atoms with Crippen LogP contribution in [-0.2, 0) is 19.6 Å². The van der Waals surface area contributed by atoms with Crippen LogP contribution in [0.3, 0.4) is 0 Å². The van der Waals surface area contributed by atoms with Crippen LogP contribution in [0.4, 0.5) is 4.39 Å². The van der Waals surface area contributed by atoms with E-state index in [1.807, 2.05) is 25.3 Å². The Morgan fingerprint density at radius 3 is 2.14 bits per heavy atom. The Bertz CT molecular complexity index is 973. The Morgan fingerprint density at radius 1 is 0.929 bits per heavy atom. The van der Waals surface area contributed by atoms with Gasteiger partial charge in [0.15, 0.2) is 0 Å². The summed E-state index contributed by atoms with van der Waals surface area (Å²) in [6.07, 6.45) is 0. The van der Waals surface area contributed by atoms with Gasteiger partial charge in [-0.15, -0.1) is 0 Å². The highest BCUT2D eigenvalue weighted by Crippen LogP contribution is 2.24. The highest BCUT2D eigenvalue weighted by molar-refractivity contribution is 5.91. The number of nitrogens with one attached hydrogen (secondary N) is 1. The molecular formula is C23H25FN2O2. The van der Waals surface area contributed by atoms with Crippen LogP contribution in [0.25, 0.3) is 0 Å². The number of hydrogen-bond acceptors (Lipinski definition) is 2. The highest BCUT2D eigenvalue weighted by Gasteiger charge is 2.22. The van der Waals surface area contributed by atoms with Crippen molar-refractivity contribution in [1.29, 1.82) is 0 Å². The molecule has 0 saturated heterocycles. The summed E-state index contributed by atoms with van der Waals surface area (Å²) in [6.45, 7) is 7.46. The van der Waals surface area contributed by atoms with E-state index < -0.39 is 5.97 Å². The van der Waals surface area contributed by atoms with E-state index in [1.165, 1.54) is 17.7 Å². The van der Waals surface area contributed by atoms with Crippen LogP contribution in [0.15, 0.2) is 48.5 Å². The second kappa shape index (κ2) is 8.40. The standard InChI is InChI=1S/C23H25FN2O2/c1-15-4-6-18(7-5-15)12-25-13-21-16(2)26(17(3)22(21)23(27)28)14-19-8-10-20(24)11-9-19/h4-11,25H,12-14H2,1-3H3,(H,27,28). The van der Waals surface area contributed by atoms with Gasteiger partial charge in [0.05, 0.1) is 5.56 Å². The zero-order chi connectivity index (χ0) is 20.3. The molecule has 0 fully saturated rings. The van der Waals surface area contributed by atoms with E-state index in [-0.39, 0.29) is 5.82 Å². The molecule has 3 rings (SSSR count). The fourth-order valence-corrected chi connectivity index (χ4v) is 3.50. The van der Waals surface area contributed by atoms with Crippen molar-refractivity contribution in [3.8, 4) is 0 Å². The average Bonchev–Trinajstić information content (AvgIpc) is 2.89. The van der Waals surface area contributed by atoms with Gasteiger partial charge in [0.1, 0.15) is 5.82 Å². The molecule has 1 heterocycles. The Balaban J connectivity index is 1.82. The molecule has 0 aliphatic carbocycles. The maximum atomic E-state index is 13.2. The van der Waals surface area contributed by atoms with Crippen LogP contribution in [-0.4, -0.2) is 15.6 Å². The SMILES string of the molecule is Cc1ccc(CNCc2c(C(=O)O)c(C)n(Cc3ccc(F)cc3)c2C)cc1. The molecule has 0 radical (unpaired) electrons. The predicted molar refractivity (Wildman–Crippen MR) is 108 cm³/mol. The van der Waals surface area contributed by atoms with Crippen molar-refractivity contribution in [2.45, 2.75) is 40.4 Å². The third-order valence-electron chi connectivity index (χ3n) is 5.13. The number of nitrogens with zero attached hydrogens (tertiary/aromatic N) is 1. The molecule has 1 aromatic heterocycles. The molecule has 2 N–H and O–H groups in total. The summed E-state index contributed by atoms with van der Waals surface area (Å²) in [5, 5.41) is 13.1. The fourth-order valence-electron chi connectivity index (χ4n) is 3.50. The molecule has 0 bridgehead atoms. The zero-order valence-electron chi connectivity index (χ0n) is 16.4. The molecule has 0 aliphatic heterocycles. The molecule has 0 atom stereocenters. The van der Waals surface area contributed by atoms with Crippen molar-refractivity contribution >= 4 is 5.97 Å². The van der Waals surface area contributed by atoms with Gasteiger partial charge in [0.25, 0.3) is 0 Å². The first kappa shape index (κ1) is 19.8. The lowest BCUT2D eigenvalue weighted by Crippen LogP contribution is -2.15. The number of carbonyl (C=O) groups is 1. The van der Waals surface area contributed by atoms with Gasteiger partial charge in [-0.3, -0.25) is 0 Å². The number of aryl methyl sites for hydroxylation is 1. The number of halogens is 1. The van der Waals surface area contributed by atoms with E-state index in [1.54, 1.807) is 12.1 Å². The summed E-state index contributed by atoms with van der Waals surface area (Å²) < 4.78 is 15.2. The second-order valence-electron chi connectivity index (χ2n) is 7.13. The molecule has 0 unspecified atom stereocenters. The molecule has 0 amide bonds. The molecule has 0 spiro atoms.